The molecule has 0 aliphatic rings. The summed E-state index contributed by atoms with van der Waals surface area (Å²) in [6, 6.07) is 0. The maximum atomic E-state index is 12.4. The molecular formula is C13H24IO5P. The van der Waals surface area contributed by atoms with Gasteiger partial charge in [0, 0.05) is 13.0 Å². The summed E-state index contributed by atoms with van der Waals surface area (Å²) in [7, 11) is -1.79. The lowest BCUT2D eigenvalue weighted by Crippen LogP contribution is -2.30. The van der Waals surface area contributed by atoms with Crippen LogP contribution in [0.1, 0.15) is 27.7 Å². The van der Waals surface area contributed by atoms with Crippen molar-refractivity contribution in [1.29, 1.82) is 0 Å². The van der Waals surface area contributed by atoms with E-state index in [4.69, 9.17) is 13.8 Å². The summed E-state index contributed by atoms with van der Waals surface area (Å²) in [6.45, 7) is 7.61. The quantitative estimate of drug-likeness (QED) is 0.399. The van der Waals surface area contributed by atoms with Gasteiger partial charge in [0.15, 0.2) is 5.78 Å². The Bertz CT molecular complexity index is 373. The molecule has 0 radical (unpaired) electrons. The summed E-state index contributed by atoms with van der Waals surface area (Å²) in [5.41, 5.74) is 0.955. The molecule has 0 aliphatic heterocycles. The van der Waals surface area contributed by atoms with Gasteiger partial charge in [-0.3, -0.25) is 9.36 Å². The zero-order valence-electron chi connectivity index (χ0n) is 12.7. The van der Waals surface area contributed by atoms with Crippen LogP contribution in [-0.4, -0.2) is 38.4 Å². The van der Waals surface area contributed by atoms with Crippen molar-refractivity contribution in [1.82, 2.24) is 0 Å². The SMILES string of the molecule is CCOP(=O)(CC(=O)[C@H](C)[C@H](OC)/C(C)=C/I)OCC. The van der Waals surface area contributed by atoms with Gasteiger partial charge in [0.1, 0.15) is 6.16 Å². The second-order valence-corrected chi connectivity index (χ2v) is 7.05. The molecular weight excluding hydrogens is 394 g/mol. The van der Waals surface area contributed by atoms with Gasteiger partial charge in [-0.25, -0.2) is 0 Å². The Hall–Kier alpha value is 0.250. The molecule has 0 bridgehead atoms. The van der Waals surface area contributed by atoms with Gasteiger partial charge in [0.05, 0.1) is 19.3 Å². The maximum absolute atomic E-state index is 12.4. The van der Waals surface area contributed by atoms with E-state index in [-0.39, 0.29) is 31.3 Å². The second kappa shape index (κ2) is 10.1. The largest absolute Gasteiger partial charge is 0.376 e. The minimum absolute atomic E-state index is 0.181. The van der Waals surface area contributed by atoms with Crippen LogP contribution < -0.4 is 0 Å². The normalized spacial score (nSPS) is 16.0. The molecule has 0 aromatic heterocycles. The first-order chi connectivity index (χ1) is 9.35. The Labute approximate surface area is 135 Å². The third-order valence-corrected chi connectivity index (χ3v) is 5.82. The Morgan fingerprint density at radius 3 is 2.15 bits per heavy atom. The van der Waals surface area contributed by atoms with Crippen molar-refractivity contribution in [2.75, 3.05) is 26.5 Å². The van der Waals surface area contributed by atoms with E-state index in [1.54, 1.807) is 27.9 Å². The number of ketones is 1. The topological polar surface area (TPSA) is 61.8 Å². The molecule has 0 aromatic carbocycles. The molecule has 5 nitrogen and oxygen atoms in total. The van der Waals surface area contributed by atoms with E-state index in [1.165, 1.54) is 0 Å². The van der Waals surface area contributed by atoms with Gasteiger partial charge in [0.25, 0.3) is 0 Å². The van der Waals surface area contributed by atoms with E-state index in [9.17, 15) is 9.36 Å². The summed E-state index contributed by atoms with van der Waals surface area (Å²) in [6.07, 6.45) is -0.541. The van der Waals surface area contributed by atoms with Gasteiger partial charge in [-0.05, 0) is 30.4 Å². The highest BCUT2D eigenvalue weighted by Crippen LogP contribution is 2.48. The van der Waals surface area contributed by atoms with Crippen LogP contribution >= 0.6 is 30.2 Å². The lowest BCUT2D eigenvalue weighted by Gasteiger charge is -2.24. The van der Waals surface area contributed by atoms with E-state index in [0.29, 0.717) is 0 Å². The monoisotopic (exact) mass is 418 g/mol. The number of ether oxygens (including phenoxy) is 1. The molecule has 0 spiro atoms. The Morgan fingerprint density at radius 2 is 1.80 bits per heavy atom. The highest BCUT2D eigenvalue weighted by atomic mass is 127. The Kier molecular flexibility index (Phi) is 10.2. The van der Waals surface area contributed by atoms with Crippen molar-refractivity contribution in [3.63, 3.8) is 0 Å². The first-order valence-electron chi connectivity index (χ1n) is 6.55. The summed E-state index contributed by atoms with van der Waals surface area (Å²) < 4.78 is 29.9. The van der Waals surface area contributed by atoms with Crippen LogP contribution in [0.15, 0.2) is 9.66 Å². The fraction of sp³-hybridized carbons (Fsp3) is 0.769. The number of Topliss-reactive ketones (excluding diaryl/α,β-unsaturated/α-hetero) is 1. The van der Waals surface area contributed by atoms with Gasteiger partial charge in [0.2, 0.25) is 0 Å². The summed E-state index contributed by atoms with van der Waals surface area (Å²) in [4.78, 5) is 12.3. The fourth-order valence-corrected chi connectivity index (χ4v) is 3.94. The Morgan fingerprint density at radius 1 is 1.30 bits per heavy atom. The molecule has 20 heavy (non-hydrogen) atoms. The highest BCUT2D eigenvalue weighted by molar-refractivity contribution is 14.1. The van der Waals surface area contributed by atoms with Gasteiger partial charge in [-0.2, -0.15) is 0 Å². The van der Waals surface area contributed by atoms with Crippen molar-refractivity contribution in [2.24, 2.45) is 5.92 Å². The zero-order valence-corrected chi connectivity index (χ0v) is 15.8. The molecule has 0 unspecified atom stereocenters. The number of carbonyl (C=O) groups excluding carboxylic acids is 1. The fourth-order valence-electron chi connectivity index (χ4n) is 1.87. The van der Waals surface area contributed by atoms with Gasteiger partial charge < -0.3 is 13.8 Å². The van der Waals surface area contributed by atoms with Crippen molar-refractivity contribution in [3.05, 3.63) is 9.66 Å². The van der Waals surface area contributed by atoms with Crippen LogP contribution in [0, 0.1) is 5.92 Å². The Balaban J connectivity index is 4.92. The summed E-state index contributed by atoms with van der Waals surface area (Å²) in [5, 5.41) is 0. The molecule has 0 aliphatic carbocycles. The minimum Gasteiger partial charge on any atom is -0.376 e. The van der Waals surface area contributed by atoms with Crippen LogP contribution in [0.4, 0.5) is 0 Å². The van der Waals surface area contributed by atoms with E-state index < -0.39 is 13.5 Å². The molecule has 0 heterocycles. The molecule has 118 valence electrons. The van der Waals surface area contributed by atoms with Crippen molar-refractivity contribution >= 4 is 36.0 Å². The zero-order chi connectivity index (χ0) is 15.8. The minimum atomic E-state index is -3.34. The lowest BCUT2D eigenvalue weighted by molar-refractivity contribution is -0.123. The smallest absolute Gasteiger partial charge is 0.338 e. The lowest BCUT2D eigenvalue weighted by atomic mass is 9.96. The molecule has 0 saturated carbocycles. The maximum Gasteiger partial charge on any atom is 0.338 e. The summed E-state index contributed by atoms with van der Waals surface area (Å²) in [5.74, 6) is -0.583. The van der Waals surface area contributed by atoms with Crippen molar-refractivity contribution in [2.45, 2.75) is 33.8 Å². The van der Waals surface area contributed by atoms with Crippen LogP contribution in [-0.2, 0) is 23.1 Å². The molecule has 0 N–H and O–H groups in total. The first kappa shape index (κ1) is 20.2. The molecule has 0 amide bonds. The average Bonchev–Trinajstić information content (AvgIpc) is 2.39. The number of rotatable bonds is 10. The first-order valence-corrected chi connectivity index (χ1v) is 9.53. The molecule has 0 saturated heterocycles. The molecule has 0 rings (SSSR count). The van der Waals surface area contributed by atoms with Crippen LogP contribution in [0.3, 0.4) is 0 Å². The number of hydrogen-bond donors (Lipinski definition) is 0. The van der Waals surface area contributed by atoms with Gasteiger partial charge >= 0.3 is 7.60 Å². The van der Waals surface area contributed by atoms with E-state index in [2.05, 4.69) is 22.6 Å². The van der Waals surface area contributed by atoms with Crippen LogP contribution in [0.25, 0.3) is 0 Å². The number of methoxy groups -OCH3 is 1. The average molecular weight is 418 g/mol. The van der Waals surface area contributed by atoms with Crippen LogP contribution in [0.2, 0.25) is 0 Å². The molecule has 0 fully saturated rings. The van der Waals surface area contributed by atoms with E-state index >= 15 is 0 Å². The standard InChI is InChI=1S/C13H24IO5P/c1-6-18-20(16,19-7-2)9-12(15)11(4)13(17-5)10(3)8-14/h8,11,13H,6-7,9H2,1-5H3/b10-8+/t11-,13+/m0/s1. The predicted molar refractivity (Wildman–Crippen MR) is 88.5 cm³/mol. The summed E-state index contributed by atoms with van der Waals surface area (Å²) >= 11 is 2.11. The van der Waals surface area contributed by atoms with E-state index in [0.717, 1.165) is 5.57 Å². The van der Waals surface area contributed by atoms with Crippen molar-refractivity contribution in [3.8, 4) is 0 Å². The molecule has 0 aromatic rings. The van der Waals surface area contributed by atoms with Gasteiger partial charge in [-0.1, -0.05) is 29.5 Å². The van der Waals surface area contributed by atoms with E-state index in [1.807, 2.05) is 11.0 Å². The number of carbonyl (C=O) groups is 1. The number of hydrogen-bond acceptors (Lipinski definition) is 5. The second-order valence-electron chi connectivity index (χ2n) is 4.37. The van der Waals surface area contributed by atoms with Crippen LogP contribution in [0.5, 0.6) is 0 Å². The van der Waals surface area contributed by atoms with Gasteiger partial charge in [-0.15, -0.1) is 0 Å². The number of halogens is 1. The predicted octanol–water partition coefficient (Wildman–Crippen LogP) is 3.81. The third kappa shape index (κ3) is 6.35. The highest BCUT2D eigenvalue weighted by Gasteiger charge is 2.33. The molecule has 7 heteroatoms. The third-order valence-electron chi connectivity index (χ3n) is 2.84. The van der Waals surface area contributed by atoms with Crippen molar-refractivity contribution < 1.29 is 23.1 Å². The molecule has 2 atom stereocenters.